The van der Waals surface area contributed by atoms with Crippen molar-refractivity contribution in [2.75, 3.05) is 13.1 Å². The minimum absolute atomic E-state index is 0.125. The van der Waals surface area contributed by atoms with Crippen LogP contribution in [0.5, 0.6) is 0 Å². The number of nitrogens with one attached hydrogen (secondary N) is 2. The molecule has 0 aliphatic heterocycles. The van der Waals surface area contributed by atoms with Crippen LogP contribution in [0.2, 0.25) is 10.0 Å². The van der Waals surface area contributed by atoms with Gasteiger partial charge in [0.15, 0.2) is 0 Å². The number of fused-ring (bicyclic) bond motifs is 1. The first kappa shape index (κ1) is 19.7. The molecule has 9 heteroatoms. The summed E-state index contributed by atoms with van der Waals surface area (Å²) in [7, 11) is 0. The third-order valence-electron chi connectivity index (χ3n) is 3.99. The fraction of sp³-hybridized carbons (Fsp3) is 0.278. The smallest absolute Gasteiger partial charge is 0.261 e. The number of halogens is 2. The molecule has 0 spiro atoms. The van der Waals surface area contributed by atoms with Gasteiger partial charge in [-0.05, 0) is 25.1 Å². The Bertz CT molecular complexity index is 992. The van der Waals surface area contributed by atoms with Crippen molar-refractivity contribution in [2.24, 2.45) is 0 Å². The highest BCUT2D eigenvalue weighted by atomic mass is 35.5. The van der Waals surface area contributed by atoms with Crippen LogP contribution in [-0.2, 0) is 11.3 Å². The van der Waals surface area contributed by atoms with Crippen molar-refractivity contribution in [2.45, 2.75) is 20.4 Å². The molecule has 0 aliphatic carbocycles. The number of carbonyl (C=O) groups is 2. The monoisotopic (exact) mass is 424 g/mol. The van der Waals surface area contributed by atoms with E-state index in [1.807, 2.05) is 17.7 Å². The van der Waals surface area contributed by atoms with Crippen molar-refractivity contribution in [1.29, 1.82) is 0 Å². The third-order valence-corrected chi connectivity index (χ3v) is 5.84. The molecule has 2 heterocycles. The number of benzene rings is 1. The van der Waals surface area contributed by atoms with Gasteiger partial charge in [0, 0.05) is 41.0 Å². The third kappa shape index (κ3) is 4.43. The molecule has 0 aliphatic rings. The quantitative estimate of drug-likeness (QED) is 0.593. The summed E-state index contributed by atoms with van der Waals surface area (Å²) in [5.41, 5.74) is 1.63. The summed E-state index contributed by atoms with van der Waals surface area (Å²) in [5, 5.41) is 12.1. The van der Waals surface area contributed by atoms with Crippen LogP contribution in [0.25, 0.3) is 10.2 Å². The number of carbonyl (C=O) groups excluding carboxylic acids is 2. The van der Waals surface area contributed by atoms with E-state index >= 15 is 0 Å². The average molecular weight is 425 g/mol. The van der Waals surface area contributed by atoms with Gasteiger partial charge in [0.2, 0.25) is 5.91 Å². The standard InChI is InChI=1S/C18H18Cl2N4O2S/c1-10-12-8-16(17(26)22-7-6-21-11(2)25)27-18(12)24(23-10)9-13-14(19)4-3-5-15(13)20/h3-5,8H,6-7,9H2,1-2H3,(H,21,25)(H,22,26). The van der Waals surface area contributed by atoms with Crippen molar-refractivity contribution >= 4 is 56.6 Å². The maximum atomic E-state index is 12.4. The molecule has 0 bridgehead atoms. The lowest BCUT2D eigenvalue weighted by Crippen LogP contribution is -2.33. The summed E-state index contributed by atoms with van der Waals surface area (Å²) in [6.07, 6.45) is 0. The van der Waals surface area contributed by atoms with Crippen molar-refractivity contribution in [3.63, 3.8) is 0 Å². The van der Waals surface area contributed by atoms with Gasteiger partial charge in [0.05, 0.1) is 17.1 Å². The normalized spacial score (nSPS) is 11.0. The number of aromatic nitrogens is 2. The van der Waals surface area contributed by atoms with E-state index in [1.54, 1.807) is 18.2 Å². The van der Waals surface area contributed by atoms with Gasteiger partial charge in [-0.2, -0.15) is 5.10 Å². The summed E-state index contributed by atoms with van der Waals surface area (Å²) in [6, 6.07) is 7.21. The maximum Gasteiger partial charge on any atom is 0.261 e. The highest BCUT2D eigenvalue weighted by Gasteiger charge is 2.17. The minimum atomic E-state index is -0.178. The van der Waals surface area contributed by atoms with Gasteiger partial charge < -0.3 is 10.6 Å². The van der Waals surface area contributed by atoms with E-state index < -0.39 is 0 Å². The minimum Gasteiger partial charge on any atom is -0.355 e. The first-order valence-electron chi connectivity index (χ1n) is 8.29. The second-order valence-electron chi connectivity index (χ2n) is 6.01. The van der Waals surface area contributed by atoms with Crippen molar-refractivity contribution in [3.8, 4) is 0 Å². The number of hydrogen-bond donors (Lipinski definition) is 2. The molecular formula is C18H18Cl2N4O2S. The molecule has 0 saturated heterocycles. The molecule has 3 rings (SSSR count). The molecule has 0 fully saturated rings. The number of nitrogens with zero attached hydrogens (tertiary/aromatic N) is 2. The molecule has 0 saturated carbocycles. The molecule has 2 amide bonds. The summed E-state index contributed by atoms with van der Waals surface area (Å²) in [6.45, 7) is 4.52. The molecule has 0 radical (unpaired) electrons. The molecule has 2 aromatic heterocycles. The van der Waals surface area contributed by atoms with Crippen molar-refractivity contribution in [1.82, 2.24) is 20.4 Å². The van der Waals surface area contributed by atoms with E-state index in [2.05, 4.69) is 15.7 Å². The van der Waals surface area contributed by atoms with Crippen LogP contribution in [-0.4, -0.2) is 34.7 Å². The van der Waals surface area contributed by atoms with Crippen molar-refractivity contribution < 1.29 is 9.59 Å². The maximum absolute atomic E-state index is 12.4. The van der Waals surface area contributed by atoms with E-state index in [0.717, 1.165) is 21.5 Å². The first-order chi connectivity index (χ1) is 12.9. The highest BCUT2D eigenvalue weighted by molar-refractivity contribution is 7.20. The average Bonchev–Trinajstić information content (AvgIpc) is 3.16. The number of rotatable bonds is 6. The first-order valence-corrected chi connectivity index (χ1v) is 9.86. The van der Waals surface area contributed by atoms with Crippen LogP contribution >= 0.6 is 34.5 Å². The van der Waals surface area contributed by atoms with E-state index in [0.29, 0.717) is 34.6 Å². The lowest BCUT2D eigenvalue weighted by Gasteiger charge is -2.07. The second kappa shape index (κ2) is 8.29. The van der Waals surface area contributed by atoms with Crippen LogP contribution in [0.1, 0.15) is 27.9 Å². The Labute approximate surface area is 170 Å². The number of thiophene rings is 1. The zero-order valence-corrected chi connectivity index (χ0v) is 17.1. The predicted octanol–water partition coefficient (Wildman–Crippen LogP) is 3.63. The van der Waals surface area contributed by atoms with E-state index in [9.17, 15) is 9.59 Å². The van der Waals surface area contributed by atoms with E-state index in [-0.39, 0.29) is 11.8 Å². The van der Waals surface area contributed by atoms with Crippen molar-refractivity contribution in [3.05, 3.63) is 50.4 Å². The van der Waals surface area contributed by atoms with E-state index in [4.69, 9.17) is 23.2 Å². The molecule has 27 heavy (non-hydrogen) atoms. The Morgan fingerprint density at radius 1 is 1.19 bits per heavy atom. The van der Waals surface area contributed by atoms with Gasteiger partial charge in [-0.25, -0.2) is 4.68 Å². The molecule has 6 nitrogen and oxygen atoms in total. The fourth-order valence-electron chi connectivity index (χ4n) is 2.67. The zero-order chi connectivity index (χ0) is 19.6. The topological polar surface area (TPSA) is 76.0 Å². The van der Waals surface area contributed by atoms with Gasteiger partial charge in [-0.3, -0.25) is 9.59 Å². The molecule has 0 unspecified atom stereocenters. The Morgan fingerprint density at radius 2 is 1.85 bits per heavy atom. The Balaban J connectivity index is 1.81. The summed E-state index contributed by atoms with van der Waals surface area (Å²) < 4.78 is 1.82. The summed E-state index contributed by atoms with van der Waals surface area (Å²) in [5.74, 6) is -0.302. The largest absolute Gasteiger partial charge is 0.355 e. The second-order valence-corrected chi connectivity index (χ2v) is 7.86. The van der Waals surface area contributed by atoms with Gasteiger partial charge in [0.25, 0.3) is 5.91 Å². The van der Waals surface area contributed by atoms with E-state index in [1.165, 1.54) is 18.3 Å². The molecule has 2 N–H and O–H groups in total. The molecule has 0 atom stereocenters. The SMILES string of the molecule is CC(=O)NCCNC(=O)c1cc2c(C)nn(Cc3c(Cl)cccc3Cl)c2s1. The van der Waals surface area contributed by atoms with Gasteiger partial charge in [-0.15, -0.1) is 11.3 Å². The highest BCUT2D eigenvalue weighted by Crippen LogP contribution is 2.31. The zero-order valence-electron chi connectivity index (χ0n) is 14.8. The Hall–Kier alpha value is -2.09. The summed E-state index contributed by atoms with van der Waals surface area (Å²) in [4.78, 5) is 24.7. The number of aryl methyl sites for hydroxylation is 1. The Kier molecular flexibility index (Phi) is 6.04. The predicted molar refractivity (Wildman–Crippen MR) is 109 cm³/mol. The number of hydrogen-bond acceptors (Lipinski definition) is 4. The number of amides is 2. The van der Waals surface area contributed by atoms with Gasteiger partial charge in [-0.1, -0.05) is 29.3 Å². The van der Waals surface area contributed by atoms with Crippen LogP contribution < -0.4 is 10.6 Å². The van der Waals surface area contributed by atoms with Crippen LogP contribution in [0.3, 0.4) is 0 Å². The molecular weight excluding hydrogens is 407 g/mol. The fourth-order valence-corrected chi connectivity index (χ4v) is 4.26. The molecule has 142 valence electrons. The van der Waals surface area contributed by atoms with Gasteiger partial charge >= 0.3 is 0 Å². The lowest BCUT2D eigenvalue weighted by molar-refractivity contribution is -0.118. The van der Waals surface area contributed by atoms with Crippen LogP contribution in [0.4, 0.5) is 0 Å². The van der Waals surface area contributed by atoms with Crippen LogP contribution in [0.15, 0.2) is 24.3 Å². The van der Waals surface area contributed by atoms with Crippen LogP contribution in [0, 0.1) is 6.92 Å². The lowest BCUT2D eigenvalue weighted by atomic mass is 10.2. The molecule has 1 aromatic carbocycles. The Morgan fingerprint density at radius 3 is 2.52 bits per heavy atom. The summed E-state index contributed by atoms with van der Waals surface area (Å²) >= 11 is 13.9. The molecule has 3 aromatic rings. The van der Waals surface area contributed by atoms with Gasteiger partial charge in [0.1, 0.15) is 4.83 Å².